The molecule has 0 saturated carbocycles. The smallest absolute Gasteiger partial charge is 0.336 e. The van der Waals surface area contributed by atoms with Crippen LogP contribution >= 0.6 is 0 Å². The van der Waals surface area contributed by atoms with Crippen LogP contribution in [0.2, 0.25) is 0 Å². The Morgan fingerprint density at radius 3 is 1.77 bits per heavy atom. The maximum absolute atomic E-state index is 12.4. The van der Waals surface area contributed by atoms with E-state index in [-0.39, 0.29) is 19.6 Å². The van der Waals surface area contributed by atoms with Crippen LogP contribution in [0, 0.1) is 0 Å². The van der Waals surface area contributed by atoms with E-state index in [4.69, 9.17) is 14.2 Å². The fourth-order valence-corrected chi connectivity index (χ4v) is 2.95. The Kier molecular flexibility index (Phi) is 6.44. The summed E-state index contributed by atoms with van der Waals surface area (Å²) in [4.78, 5) is 26.7. The first-order valence-corrected chi connectivity index (χ1v) is 8.62. The highest BCUT2D eigenvalue weighted by Gasteiger charge is 2.31. The molecule has 0 unspecified atom stereocenters. The standard InChI is InChI=1S/C20H25NO5/c1-6-25-19(22)17-12-18(20(23)26-7-2)14(4)21(13(17)3)15-8-10-16(24-5)11-9-15/h8-11H,6-7,12H2,1-5H3. The molecule has 0 N–H and O–H groups in total. The SMILES string of the molecule is CCOC(=O)C1=C(C)N(c2ccc(OC)cc2)C(C)=C(C(=O)OCC)C1. The van der Waals surface area contributed by atoms with Gasteiger partial charge in [-0.2, -0.15) is 0 Å². The van der Waals surface area contributed by atoms with Gasteiger partial charge in [0.05, 0.1) is 31.5 Å². The molecule has 0 amide bonds. The van der Waals surface area contributed by atoms with Gasteiger partial charge in [-0.25, -0.2) is 9.59 Å². The van der Waals surface area contributed by atoms with Crippen molar-refractivity contribution >= 4 is 17.6 Å². The van der Waals surface area contributed by atoms with E-state index in [0.29, 0.717) is 11.1 Å². The molecule has 2 rings (SSSR count). The fourth-order valence-electron chi connectivity index (χ4n) is 2.95. The van der Waals surface area contributed by atoms with Gasteiger partial charge in [0, 0.05) is 23.5 Å². The normalized spacial score (nSPS) is 14.4. The number of hydrogen-bond donors (Lipinski definition) is 0. The zero-order chi connectivity index (χ0) is 19.3. The highest BCUT2D eigenvalue weighted by atomic mass is 16.5. The predicted molar refractivity (Wildman–Crippen MR) is 98.8 cm³/mol. The Morgan fingerprint density at radius 2 is 1.38 bits per heavy atom. The van der Waals surface area contributed by atoms with Gasteiger partial charge in [-0.05, 0) is 52.0 Å². The molecule has 26 heavy (non-hydrogen) atoms. The highest BCUT2D eigenvalue weighted by Crippen LogP contribution is 2.36. The van der Waals surface area contributed by atoms with Crippen LogP contribution in [-0.2, 0) is 19.1 Å². The van der Waals surface area contributed by atoms with E-state index in [1.54, 1.807) is 21.0 Å². The third-order valence-electron chi connectivity index (χ3n) is 4.27. The summed E-state index contributed by atoms with van der Waals surface area (Å²) in [6.45, 7) is 7.76. The van der Waals surface area contributed by atoms with E-state index in [0.717, 1.165) is 22.8 Å². The van der Waals surface area contributed by atoms with Crippen LogP contribution in [0.5, 0.6) is 5.75 Å². The van der Waals surface area contributed by atoms with Crippen molar-refractivity contribution in [3.63, 3.8) is 0 Å². The molecule has 0 atom stereocenters. The van der Waals surface area contributed by atoms with Gasteiger partial charge in [0.2, 0.25) is 0 Å². The number of esters is 2. The summed E-state index contributed by atoms with van der Waals surface area (Å²) in [5.74, 6) is -0.110. The molecular formula is C20H25NO5. The molecule has 1 aliphatic rings. The van der Waals surface area contributed by atoms with Crippen LogP contribution in [-0.4, -0.2) is 32.3 Å². The Bertz CT molecular complexity index is 706. The Hall–Kier alpha value is -2.76. The molecule has 140 valence electrons. The van der Waals surface area contributed by atoms with Gasteiger partial charge in [0.25, 0.3) is 0 Å². The van der Waals surface area contributed by atoms with Crippen LogP contribution in [0.3, 0.4) is 0 Å². The number of ether oxygens (including phenoxy) is 3. The zero-order valence-electron chi connectivity index (χ0n) is 15.9. The number of carbonyl (C=O) groups excluding carboxylic acids is 2. The van der Waals surface area contributed by atoms with Crippen LogP contribution in [0.1, 0.15) is 34.1 Å². The van der Waals surface area contributed by atoms with E-state index in [2.05, 4.69) is 0 Å². The van der Waals surface area contributed by atoms with Crippen LogP contribution < -0.4 is 9.64 Å². The minimum absolute atomic E-state index is 0.196. The summed E-state index contributed by atoms with van der Waals surface area (Å²) in [5.41, 5.74) is 3.20. The average molecular weight is 359 g/mol. The van der Waals surface area contributed by atoms with Gasteiger partial charge in [0.15, 0.2) is 0 Å². The fraction of sp³-hybridized carbons (Fsp3) is 0.400. The molecule has 0 spiro atoms. The van der Waals surface area contributed by atoms with Crippen molar-refractivity contribution < 1.29 is 23.8 Å². The first-order chi connectivity index (χ1) is 12.4. The van der Waals surface area contributed by atoms with E-state index in [9.17, 15) is 9.59 Å². The largest absolute Gasteiger partial charge is 0.497 e. The molecule has 6 heteroatoms. The summed E-state index contributed by atoms with van der Waals surface area (Å²) in [7, 11) is 1.60. The van der Waals surface area contributed by atoms with Crippen molar-refractivity contribution in [2.75, 3.05) is 25.2 Å². The Labute approximate surface area is 154 Å². The number of allylic oxidation sites excluding steroid dienone is 2. The summed E-state index contributed by atoms with van der Waals surface area (Å²) < 4.78 is 15.6. The number of anilines is 1. The van der Waals surface area contributed by atoms with Crippen molar-refractivity contribution in [1.82, 2.24) is 0 Å². The van der Waals surface area contributed by atoms with Crippen molar-refractivity contribution in [3.8, 4) is 5.75 Å². The molecule has 0 saturated heterocycles. The molecular weight excluding hydrogens is 334 g/mol. The monoisotopic (exact) mass is 359 g/mol. The van der Waals surface area contributed by atoms with Gasteiger partial charge < -0.3 is 19.1 Å². The third-order valence-corrected chi connectivity index (χ3v) is 4.27. The topological polar surface area (TPSA) is 65.1 Å². The first kappa shape index (κ1) is 19.6. The number of rotatable bonds is 6. The lowest BCUT2D eigenvalue weighted by molar-refractivity contribution is -0.139. The summed E-state index contributed by atoms with van der Waals surface area (Å²) in [5, 5.41) is 0. The zero-order valence-corrected chi connectivity index (χ0v) is 15.9. The Balaban J connectivity index is 2.54. The number of carbonyl (C=O) groups is 2. The third kappa shape index (κ3) is 3.90. The predicted octanol–water partition coefficient (Wildman–Crippen LogP) is 3.58. The number of nitrogens with zero attached hydrogens (tertiary/aromatic N) is 1. The molecule has 0 bridgehead atoms. The molecule has 0 aromatic heterocycles. The van der Waals surface area contributed by atoms with Crippen molar-refractivity contribution in [3.05, 3.63) is 46.8 Å². The minimum Gasteiger partial charge on any atom is -0.497 e. The minimum atomic E-state index is -0.419. The molecule has 0 fully saturated rings. The van der Waals surface area contributed by atoms with Crippen LogP contribution in [0.4, 0.5) is 5.69 Å². The van der Waals surface area contributed by atoms with E-state index in [1.807, 2.05) is 43.0 Å². The lowest BCUT2D eigenvalue weighted by Crippen LogP contribution is -2.31. The molecule has 0 radical (unpaired) electrons. The van der Waals surface area contributed by atoms with Crippen molar-refractivity contribution in [2.45, 2.75) is 34.1 Å². The lowest BCUT2D eigenvalue weighted by atomic mass is 9.96. The van der Waals surface area contributed by atoms with Crippen LogP contribution in [0.15, 0.2) is 46.8 Å². The molecule has 1 heterocycles. The highest BCUT2D eigenvalue weighted by molar-refractivity contribution is 5.98. The second-order valence-electron chi connectivity index (χ2n) is 5.78. The van der Waals surface area contributed by atoms with Crippen molar-refractivity contribution in [1.29, 1.82) is 0 Å². The summed E-state index contributed by atoms with van der Waals surface area (Å²) in [6.07, 6.45) is 0.196. The van der Waals surface area contributed by atoms with Gasteiger partial charge >= 0.3 is 11.9 Å². The van der Waals surface area contributed by atoms with Crippen molar-refractivity contribution in [2.24, 2.45) is 0 Å². The number of hydrogen-bond acceptors (Lipinski definition) is 6. The van der Waals surface area contributed by atoms with Gasteiger partial charge in [-0.1, -0.05) is 0 Å². The maximum Gasteiger partial charge on any atom is 0.336 e. The first-order valence-electron chi connectivity index (χ1n) is 8.62. The second kappa shape index (κ2) is 8.56. The molecule has 1 aromatic rings. The Morgan fingerprint density at radius 1 is 0.923 bits per heavy atom. The maximum atomic E-state index is 12.4. The number of benzene rings is 1. The van der Waals surface area contributed by atoms with Gasteiger partial charge in [-0.3, -0.25) is 0 Å². The molecule has 6 nitrogen and oxygen atoms in total. The number of methoxy groups -OCH3 is 1. The van der Waals surface area contributed by atoms with E-state index < -0.39 is 11.9 Å². The van der Waals surface area contributed by atoms with Crippen LogP contribution in [0.25, 0.3) is 0 Å². The quantitative estimate of drug-likeness (QED) is 0.724. The van der Waals surface area contributed by atoms with Gasteiger partial charge in [0.1, 0.15) is 5.75 Å². The lowest BCUT2D eigenvalue weighted by Gasteiger charge is -2.33. The second-order valence-corrected chi connectivity index (χ2v) is 5.78. The van der Waals surface area contributed by atoms with E-state index >= 15 is 0 Å². The molecule has 1 aliphatic heterocycles. The summed E-state index contributed by atoms with van der Waals surface area (Å²) >= 11 is 0. The van der Waals surface area contributed by atoms with E-state index in [1.165, 1.54) is 0 Å². The summed E-state index contributed by atoms with van der Waals surface area (Å²) in [6, 6.07) is 7.42. The molecule has 0 aliphatic carbocycles. The van der Waals surface area contributed by atoms with Gasteiger partial charge in [-0.15, -0.1) is 0 Å². The average Bonchev–Trinajstić information content (AvgIpc) is 2.62. The molecule has 1 aromatic carbocycles.